The first kappa shape index (κ1) is 19.6. The molecule has 2 aromatic rings. The second kappa shape index (κ2) is 8.66. The average molecular weight is 381 g/mol. The number of hydrogen-bond acceptors (Lipinski definition) is 2. The maximum absolute atomic E-state index is 12.7. The predicted octanol–water partition coefficient (Wildman–Crippen LogP) is 4.45. The lowest BCUT2D eigenvalue weighted by Crippen LogP contribution is -2.45. The van der Waals surface area contributed by atoms with Crippen LogP contribution in [0.25, 0.3) is 0 Å². The van der Waals surface area contributed by atoms with E-state index < -0.39 is 0 Å². The summed E-state index contributed by atoms with van der Waals surface area (Å²) in [6, 6.07) is 16.8. The highest BCUT2D eigenvalue weighted by molar-refractivity contribution is 7.80. The fourth-order valence-corrected chi connectivity index (χ4v) is 3.78. The molecule has 2 aromatic carbocycles. The second-order valence-electron chi connectivity index (χ2n) is 7.80. The van der Waals surface area contributed by atoms with Crippen LogP contribution in [0.15, 0.2) is 48.5 Å². The van der Waals surface area contributed by atoms with Crippen LogP contribution in [0, 0.1) is 5.92 Å². The third kappa shape index (κ3) is 4.95. The number of thiocarbonyl (C=S) groups is 1. The molecule has 1 amide bonds. The first-order valence-electron chi connectivity index (χ1n) is 9.69. The van der Waals surface area contributed by atoms with Crippen molar-refractivity contribution in [3.8, 4) is 0 Å². The van der Waals surface area contributed by atoms with Crippen LogP contribution in [0.2, 0.25) is 0 Å². The summed E-state index contributed by atoms with van der Waals surface area (Å²) in [7, 11) is 0. The van der Waals surface area contributed by atoms with Gasteiger partial charge in [0, 0.05) is 13.1 Å². The van der Waals surface area contributed by atoms with Crippen molar-refractivity contribution >= 4 is 23.2 Å². The summed E-state index contributed by atoms with van der Waals surface area (Å²) in [5.41, 5.74) is 4.99. The average Bonchev–Trinajstić information content (AvgIpc) is 2.67. The summed E-state index contributed by atoms with van der Waals surface area (Å²) in [5, 5.41) is 3.47. The van der Waals surface area contributed by atoms with Gasteiger partial charge in [0.1, 0.15) is 0 Å². The number of fused-ring (bicyclic) bond motifs is 1. The summed E-state index contributed by atoms with van der Waals surface area (Å²) < 4.78 is 0. The standard InChI is InChI=1S/C23H28N2OS/c1-16(2)14-18-8-10-19(11-9-18)17(3)22(26)24-23(27)25-13-12-20-6-4-5-7-21(20)15-25/h4-11,16-17H,12-15H2,1-3H3,(H,24,26,27). The van der Waals surface area contributed by atoms with Gasteiger partial charge in [-0.2, -0.15) is 0 Å². The summed E-state index contributed by atoms with van der Waals surface area (Å²) in [6.07, 6.45) is 2.01. The van der Waals surface area contributed by atoms with Crippen LogP contribution in [0.4, 0.5) is 0 Å². The van der Waals surface area contributed by atoms with E-state index in [0.29, 0.717) is 11.0 Å². The molecule has 0 spiro atoms. The highest BCUT2D eigenvalue weighted by atomic mass is 32.1. The van der Waals surface area contributed by atoms with Gasteiger partial charge in [-0.3, -0.25) is 4.79 Å². The molecule has 0 saturated heterocycles. The second-order valence-corrected chi connectivity index (χ2v) is 8.18. The van der Waals surface area contributed by atoms with E-state index in [1.807, 2.05) is 6.92 Å². The molecule has 1 heterocycles. The number of hydrogen-bond donors (Lipinski definition) is 1. The molecule has 0 bridgehead atoms. The molecule has 1 unspecified atom stereocenters. The zero-order valence-electron chi connectivity index (χ0n) is 16.4. The van der Waals surface area contributed by atoms with Gasteiger partial charge in [0.2, 0.25) is 5.91 Å². The summed E-state index contributed by atoms with van der Waals surface area (Å²) in [4.78, 5) is 14.8. The van der Waals surface area contributed by atoms with Gasteiger partial charge in [0.25, 0.3) is 0 Å². The van der Waals surface area contributed by atoms with Gasteiger partial charge in [0.15, 0.2) is 5.11 Å². The van der Waals surface area contributed by atoms with Crippen LogP contribution in [-0.4, -0.2) is 22.5 Å². The van der Waals surface area contributed by atoms with Crippen molar-refractivity contribution in [3.63, 3.8) is 0 Å². The normalized spacial score (nSPS) is 14.6. The molecule has 3 nitrogen and oxygen atoms in total. The Morgan fingerprint density at radius 3 is 2.41 bits per heavy atom. The van der Waals surface area contributed by atoms with Gasteiger partial charge in [-0.15, -0.1) is 0 Å². The van der Waals surface area contributed by atoms with Gasteiger partial charge in [0.05, 0.1) is 5.92 Å². The Hall–Kier alpha value is -2.20. The van der Waals surface area contributed by atoms with E-state index in [-0.39, 0.29) is 11.8 Å². The van der Waals surface area contributed by atoms with Crippen LogP contribution < -0.4 is 5.32 Å². The topological polar surface area (TPSA) is 32.3 Å². The Kier molecular flexibility index (Phi) is 6.27. The van der Waals surface area contributed by atoms with Crippen molar-refractivity contribution < 1.29 is 4.79 Å². The summed E-state index contributed by atoms with van der Waals surface area (Å²) in [6.45, 7) is 7.96. The van der Waals surface area contributed by atoms with Gasteiger partial charge >= 0.3 is 0 Å². The van der Waals surface area contributed by atoms with E-state index in [9.17, 15) is 4.79 Å². The molecule has 0 radical (unpaired) electrons. The van der Waals surface area contributed by atoms with Crippen LogP contribution in [0.3, 0.4) is 0 Å². The maximum Gasteiger partial charge on any atom is 0.233 e. The van der Waals surface area contributed by atoms with Gasteiger partial charge in [-0.05, 0) is 60.2 Å². The lowest BCUT2D eigenvalue weighted by Gasteiger charge is -2.31. The number of carbonyl (C=O) groups is 1. The maximum atomic E-state index is 12.7. The van der Waals surface area contributed by atoms with Gasteiger partial charge < -0.3 is 10.2 Å². The molecule has 3 rings (SSSR count). The Labute approximate surface area is 167 Å². The monoisotopic (exact) mass is 380 g/mol. The molecule has 4 heteroatoms. The molecule has 0 saturated carbocycles. The van der Waals surface area contributed by atoms with Crippen molar-refractivity contribution in [2.24, 2.45) is 5.92 Å². The minimum absolute atomic E-state index is 0.0459. The number of nitrogens with one attached hydrogen (secondary N) is 1. The highest BCUT2D eigenvalue weighted by Gasteiger charge is 2.22. The Bertz CT molecular complexity index is 813. The third-order valence-corrected chi connectivity index (χ3v) is 5.53. The van der Waals surface area contributed by atoms with Crippen LogP contribution in [0.5, 0.6) is 0 Å². The molecule has 1 aliphatic rings. The van der Waals surface area contributed by atoms with E-state index >= 15 is 0 Å². The first-order chi connectivity index (χ1) is 12.9. The molecule has 1 aliphatic heterocycles. The molecule has 0 fully saturated rings. The third-order valence-electron chi connectivity index (χ3n) is 5.16. The number of amides is 1. The van der Waals surface area contributed by atoms with E-state index in [4.69, 9.17) is 12.2 Å². The van der Waals surface area contributed by atoms with Crippen LogP contribution in [-0.2, 0) is 24.2 Å². The van der Waals surface area contributed by atoms with Crippen molar-refractivity contribution in [2.45, 2.75) is 46.1 Å². The molecule has 0 aliphatic carbocycles. The van der Waals surface area contributed by atoms with Crippen molar-refractivity contribution in [3.05, 3.63) is 70.8 Å². The van der Waals surface area contributed by atoms with E-state index in [2.05, 4.69) is 72.6 Å². The van der Waals surface area contributed by atoms with Gasteiger partial charge in [-0.1, -0.05) is 62.4 Å². The van der Waals surface area contributed by atoms with Crippen molar-refractivity contribution in [2.75, 3.05) is 6.54 Å². The van der Waals surface area contributed by atoms with E-state index in [1.165, 1.54) is 16.7 Å². The number of benzene rings is 2. The number of rotatable bonds is 4. The largest absolute Gasteiger partial charge is 0.344 e. The zero-order valence-corrected chi connectivity index (χ0v) is 17.2. The lowest BCUT2D eigenvalue weighted by molar-refractivity contribution is -0.120. The van der Waals surface area contributed by atoms with Crippen molar-refractivity contribution in [1.82, 2.24) is 10.2 Å². The molecule has 1 N–H and O–H groups in total. The molecular formula is C23H28N2OS. The minimum atomic E-state index is -0.229. The Morgan fingerprint density at radius 1 is 1.07 bits per heavy atom. The summed E-state index contributed by atoms with van der Waals surface area (Å²) in [5.74, 6) is 0.354. The van der Waals surface area contributed by atoms with Crippen LogP contribution in [0.1, 0.15) is 48.9 Å². The van der Waals surface area contributed by atoms with E-state index in [1.54, 1.807) is 0 Å². The predicted molar refractivity (Wildman–Crippen MR) is 115 cm³/mol. The molecule has 1 atom stereocenters. The Morgan fingerprint density at radius 2 is 1.74 bits per heavy atom. The number of nitrogens with zero attached hydrogens (tertiary/aromatic N) is 1. The Balaban J connectivity index is 1.59. The fraction of sp³-hybridized carbons (Fsp3) is 0.391. The molecule has 27 heavy (non-hydrogen) atoms. The molecule has 142 valence electrons. The zero-order chi connectivity index (χ0) is 19.4. The summed E-state index contributed by atoms with van der Waals surface area (Å²) >= 11 is 5.51. The smallest absolute Gasteiger partial charge is 0.233 e. The van der Waals surface area contributed by atoms with Crippen molar-refractivity contribution in [1.29, 1.82) is 0 Å². The quantitative estimate of drug-likeness (QED) is 0.796. The SMILES string of the molecule is CC(C)Cc1ccc(C(C)C(=O)NC(=S)N2CCc3ccccc3C2)cc1. The highest BCUT2D eigenvalue weighted by Crippen LogP contribution is 2.20. The lowest BCUT2D eigenvalue weighted by atomic mass is 9.96. The first-order valence-corrected chi connectivity index (χ1v) is 10.1. The number of carbonyl (C=O) groups excluding carboxylic acids is 1. The molecule has 0 aromatic heterocycles. The minimum Gasteiger partial charge on any atom is -0.344 e. The van der Waals surface area contributed by atoms with Crippen LogP contribution >= 0.6 is 12.2 Å². The van der Waals surface area contributed by atoms with Gasteiger partial charge in [-0.25, -0.2) is 0 Å². The fourth-order valence-electron chi connectivity index (χ4n) is 3.53. The molecular weight excluding hydrogens is 352 g/mol. The van der Waals surface area contributed by atoms with E-state index in [0.717, 1.165) is 31.5 Å².